The summed E-state index contributed by atoms with van der Waals surface area (Å²) in [4.78, 5) is 16.1. The lowest BCUT2D eigenvalue weighted by Gasteiger charge is -2.34. The Kier molecular flexibility index (Phi) is 2.41. The highest BCUT2D eigenvalue weighted by Gasteiger charge is 2.44. The number of carbonyl (C=O) groups is 1. The van der Waals surface area contributed by atoms with Crippen LogP contribution in [0.3, 0.4) is 0 Å². The molecular formula is C11H20N2O2. The minimum atomic E-state index is -0.391. The first-order chi connectivity index (χ1) is 6.87. The molecule has 0 aliphatic carbocycles. The Labute approximate surface area is 91.2 Å². The first kappa shape index (κ1) is 10.7. The monoisotopic (exact) mass is 212 g/mol. The van der Waals surface area contributed by atoms with Gasteiger partial charge in [-0.2, -0.15) is 0 Å². The van der Waals surface area contributed by atoms with Crippen molar-refractivity contribution in [3.05, 3.63) is 0 Å². The zero-order chi connectivity index (χ0) is 11.2. The molecule has 2 rings (SSSR count). The number of fused-ring (bicyclic) bond motifs is 1. The molecule has 0 radical (unpaired) electrons. The van der Waals surface area contributed by atoms with Gasteiger partial charge in [-0.25, -0.2) is 4.79 Å². The number of nitrogens with zero attached hydrogens (tertiary/aromatic N) is 2. The van der Waals surface area contributed by atoms with E-state index in [9.17, 15) is 4.79 Å². The van der Waals surface area contributed by atoms with Gasteiger partial charge in [0.2, 0.25) is 0 Å². The van der Waals surface area contributed by atoms with Gasteiger partial charge in [-0.05, 0) is 27.7 Å². The highest BCUT2D eigenvalue weighted by atomic mass is 16.6. The summed E-state index contributed by atoms with van der Waals surface area (Å²) in [5.41, 5.74) is -0.391. The number of piperazine rings is 1. The summed E-state index contributed by atoms with van der Waals surface area (Å²) >= 11 is 0. The van der Waals surface area contributed by atoms with Gasteiger partial charge < -0.3 is 9.64 Å². The summed E-state index contributed by atoms with van der Waals surface area (Å²) in [6.45, 7) is 10.8. The van der Waals surface area contributed by atoms with Crippen LogP contribution in [-0.4, -0.2) is 53.2 Å². The quantitative estimate of drug-likeness (QED) is 0.567. The molecule has 2 fully saturated rings. The van der Waals surface area contributed by atoms with Crippen molar-refractivity contribution >= 4 is 6.09 Å². The van der Waals surface area contributed by atoms with Crippen LogP contribution in [0.5, 0.6) is 0 Å². The van der Waals surface area contributed by atoms with E-state index in [-0.39, 0.29) is 12.1 Å². The van der Waals surface area contributed by atoms with Gasteiger partial charge in [0.1, 0.15) is 5.60 Å². The highest BCUT2D eigenvalue weighted by Crippen LogP contribution is 2.27. The van der Waals surface area contributed by atoms with E-state index >= 15 is 0 Å². The predicted octanol–water partition coefficient (Wildman–Crippen LogP) is 1.31. The minimum Gasteiger partial charge on any atom is -0.444 e. The van der Waals surface area contributed by atoms with Gasteiger partial charge in [-0.15, -0.1) is 0 Å². The second-order valence-electron chi connectivity index (χ2n) is 5.59. The maximum absolute atomic E-state index is 11.9. The van der Waals surface area contributed by atoms with Crippen LogP contribution in [0.2, 0.25) is 0 Å². The second-order valence-corrected chi connectivity index (χ2v) is 5.59. The normalized spacial score (nSPS) is 34.7. The zero-order valence-corrected chi connectivity index (χ0v) is 9.99. The molecule has 0 aromatic carbocycles. The highest BCUT2D eigenvalue weighted by molar-refractivity contribution is 5.69. The van der Waals surface area contributed by atoms with Crippen LogP contribution in [0.1, 0.15) is 27.7 Å². The number of ether oxygens (including phenoxy) is 1. The molecule has 2 saturated heterocycles. The molecule has 2 aliphatic heterocycles. The summed E-state index contributed by atoms with van der Waals surface area (Å²) in [5, 5.41) is 0. The molecule has 0 N–H and O–H groups in total. The van der Waals surface area contributed by atoms with Crippen molar-refractivity contribution in [3.8, 4) is 0 Å². The van der Waals surface area contributed by atoms with Crippen molar-refractivity contribution in [3.63, 3.8) is 0 Å². The molecule has 1 amide bonds. The number of hydrogen-bond acceptors (Lipinski definition) is 3. The van der Waals surface area contributed by atoms with Crippen molar-refractivity contribution in [2.75, 3.05) is 19.6 Å². The van der Waals surface area contributed by atoms with E-state index in [1.165, 1.54) is 0 Å². The molecule has 15 heavy (non-hydrogen) atoms. The largest absolute Gasteiger partial charge is 0.444 e. The van der Waals surface area contributed by atoms with Crippen LogP contribution >= 0.6 is 0 Å². The van der Waals surface area contributed by atoms with Crippen LogP contribution in [-0.2, 0) is 4.74 Å². The number of amides is 1. The van der Waals surface area contributed by atoms with E-state index in [1.54, 1.807) is 0 Å². The van der Waals surface area contributed by atoms with Gasteiger partial charge in [-0.3, -0.25) is 4.90 Å². The summed E-state index contributed by atoms with van der Waals surface area (Å²) in [6, 6.07) is 0.868. The molecule has 0 saturated carbocycles. The Morgan fingerprint density at radius 2 is 1.93 bits per heavy atom. The van der Waals surface area contributed by atoms with E-state index in [2.05, 4.69) is 11.8 Å². The molecule has 0 aromatic heterocycles. The summed E-state index contributed by atoms with van der Waals surface area (Å²) < 4.78 is 5.38. The smallest absolute Gasteiger partial charge is 0.410 e. The number of carbonyl (C=O) groups excluding carboxylic acids is 1. The Balaban J connectivity index is 1.94. The van der Waals surface area contributed by atoms with Gasteiger partial charge in [-0.1, -0.05) is 0 Å². The maximum Gasteiger partial charge on any atom is 0.410 e. The predicted molar refractivity (Wildman–Crippen MR) is 57.8 cm³/mol. The molecule has 2 aliphatic rings. The third kappa shape index (κ3) is 2.43. The molecule has 0 spiro atoms. The van der Waals surface area contributed by atoms with Crippen molar-refractivity contribution in [1.82, 2.24) is 9.80 Å². The molecular weight excluding hydrogens is 192 g/mol. The Hall–Kier alpha value is -0.770. The van der Waals surface area contributed by atoms with Gasteiger partial charge in [0.15, 0.2) is 0 Å². The summed E-state index contributed by atoms with van der Waals surface area (Å²) in [7, 11) is 0. The molecule has 0 aromatic rings. The average molecular weight is 212 g/mol. The summed E-state index contributed by atoms with van der Waals surface area (Å²) in [6.07, 6.45) is -0.165. The zero-order valence-electron chi connectivity index (χ0n) is 9.99. The fourth-order valence-corrected chi connectivity index (χ4v) is 2.04. The number of rotatable bonds is 0. The van der Waals surface area contributed by atoms with Crippen LogP contribution in [0.4, 0.5) is 4.79 Å². The fraction of sp³-hybridized carbons (Fsp3) is 0.909. The maximum atomic E-state index is 11.9. The van der Waals surface area contributed by atoms with E-state index < -0.39 is 5.60 Å². The van der Waals surface area contributed by atoms with Gasteiger partial charge in [0, 0.05) is 31.7 Å². The Bertz CT molecular complexity index is 272. The molecule has 2 heterocycles. The molecule has 0 bridgehead atoms. The topological polar surface area (TPSA) is 32.5 Å². The van der Waals surface area contributed by atoms with E-state index in [1.807, 2.05) is 25.7 Å². The van der Waals surface area contributed by atoms with E-state index in [4.69, 9.17) is 4.74 Å². The number of hydrogen-bond donors (Lipinski definition) is 0. The molecule has 4 heteroatoms. The average Bonchev–Trinajstić information content (AvgIpc) is 2.76. The second kappa shape index (κ2) is 3.37. The molecule has 1 unspecified atom stereocenters. The molecule has 3 atom stereocenters. The van der Waals surface area contributed by atoms with Crippen LogP contribution < -0.4 is 0 Å². The summed E-state index contributed by atoms with van der Waals surface area (Å²) in [5.74, 6) is 0. The van der Waals surface area contributed by atoms with Crippen molar-refractivity contribution in [2.24, 2.45) is 0 Å². The third-order valence-corrected chi connectivity index (χ3v) is 2.89. The lowest BCUT2D eigenvalue weighted by molar-refractivity contribution is 0.0109. The lowest BCUT2D eigenvalue weighted by Crippen LogP contribution is -2.50. The van der Waals surface area contributed by atoms with Crippen LogP contribution in [0.25, 0.3) is 0 Å². The van der Waals surface area contributed by atoms with Crippen LogP contribution in [0.15, 0.2) is 0 Å². The Morgan fingerprint density at radius 1 is 1.27 bits per heavy atom. The fourth-order valence-electron chi connectivity index (χ4n) is 2.04. The van der Waals surface area contributed by atoms with E-state index in [0.717, 1.165) is 19.6 Å². The molecule has 86 valence electrons. The first-order valence-electron chi connectivity index (χ1n) is 5.60. The van der Waals surface area contributed by atoms with Gasteiger partial charge >= 0.3 is 6.09 Å². The van der Waals surface area contributed by atoms with Crippen molar-refractivity contribution < 1.29 is 9.53 Å². The standard InChI is InChI=1S/C11H20N2O2/c1-8-5-12-6-9(12)7-13(8)10(14)15-11(2,3)4/h8-9H,5-7H2,1-4H3/t8-,9-,12?/m0/s1. The van der Waals surface area contributed by atoms with Crippen molar-refractivity contribution in [1.29, 1.82) is 0 Å². The van der Waals surface area contributed by atoms with E-state index in [0.29, 0.717) is 6.04 Å². The van der Waals surface area contributed by atoms with Gasteiger partial charge in [0.25, 0.3) is 0 Å². The third-order valence-electron chi connectivity index (χ3n) is 2.89. The van der Waals surface area contributed by atoms with Crippen LogP contribution in [0, 0.1) is 0 Å². The Morgan fingerprint density at radius 3 is 2.53 bits per heavy atom. The first-order valence-corrected chi connectivity index (χ1v) is 5.60. The lowest BCUT2D eigenvalue weighted by atomic mass is 10.2. The van der Waals surface area contributed by atoms with Crippen molar-refractivity contribution in [2.45, 2.75) is 45.4 Å². The molecule has 4 nitrogen and oxygen atoms in total. The van der Waals surface area contributed by atoms with Gasteiger partial charge in [0.05, 0.1) is 0 Å². The SMILES string of the molecule is C[C@H]1CN2C[C@H]2CN1C(=O)OC(C)(C)C. The minimum absolute atomic E-state index is 0.165.